The minimum absolute atomic E-state index is 0.131. The Morgan fingerprint density at radius 2 is 1.69 bits per heavy atom. The average Bonchev–Trinajstić information content (AvgIpc) is 3.37. The van der Waals surface area contributed by atoms with Gasteiger partial charge in [0.1, 0.15) is 11.6 Å². The Morgan fingerprint density at radius 3 is 2.43 bits per heavy atom. The molecule has 0 N–H and O–H groups in total. The summed E-state index contributed by atoms with van der Waals surface area (Å²) in [5.74, 6) is 2.07. The summed E-state index contributed by atoms with van der Waals surface area (Å²) in [7, 11) is 0. The summed E-state index contributed by atoms with van der Waals surface area (Å²) >= 11 is 0. The van der Waals surface area contributed by atoms with Crippen LogP contribution in [0.25, 0.3) is 0 Å². The zero-order valence-electron chi connectivity index (χ0n) is 20.1. The van der Waals surface area contributed by atoms with Gasteiger partial charge in [-0.2, -0.15) is 5.26 Å². The number of hydrogen-bond acceptors (Lipinski definition) is 6. The minimum Gasteiger partial charge on any atom is -0.454 e. The van der Waals surface area contributed by atoms with Crippen LogP contribution in [0.5, 0.6) is 11.5 Å². The fourth-order valence-corrected chi connectivity index (χ4v) is 5.12. The maximum Gasteiger partial charge on any atom is 0.266 e. The number of ether oxygens (including phenoxy) is 2. The number of piperidine rings is 1. The molecule has 182 valence electrons. The predicted octanol–water partition coefficient (Wildman–Crippen LogP) is 3.42. The lowest BCUT2D eigenvalue weighted by Crippen LogP contribution is -2.44. The quantitative estimate of drug-likeness (QED) is 0.474. The van der Waals surface area contributed by atoms with Gasteiger partial charge >= 0.3 is 0 Å². The standard InChI is InChI=1S/C28H32N4O3/c29-18-25(28(33)32-10-8-23(9-11-32)16-22-4-2-1-3-5-22)20-31-14-12-30(13-15-31)19-24-6-7-26-27(17-24)35-21-34-26/h1-7,17,20,23H,8-16,19,21H2/b25-20-. The Bertz CT molecular complexity index is 1090. The Balaban J connectivity index is 1.10. The Hall–Kier alpha value is -3.50. The first-order chi connectivity index (χ1) is 17.2. The number of carbonyl (C=O) groups is 1. The topological polar surface area (TPSA) is 69.0 Å². The fourth-order valence-electron chi connectivity index (χ4n) is 5.12. The van der Waals surface area contributed by atoms with Gasteiger partial charge in [0.15, 0.2) is 11.5 Å². The summed E-state index contributed by atoms with van der Waals surface area (Å²) in [6.07, 6.45) is 4.80. The van der Waals surface area contributed by atoms with Crippen LogP contribution in [-0.2, 0) is 17.8 Å². The molecule has 7 heteroatoms. The van der Waals surface area contributed by atoms with E-state index in [1.54, 1.807) is 6.20 Å². The van der Waals surface area contributed by atoms with Gasteiger partial charge in [0, 0.05) is 52.0 Å². The molecule has 1 amide bonds. The molecule has 2 saturated heterocycles. The lowest BCUT2D eigenvalue weighted by Gasteiger charge is -2.35. The molecule has 0 saturated carbocycles. The summed E-state index contributed by atoms with van der Waals surface area (Å²) in [6.45, 7) is 5.92. The third-order valence-corrected chi connectivity index (χ3v) is 7.18. The third kappa shape index (κ3) is 5.77. The normalized spacial score (nSPS) is 19.0. The Morgan fingerprint density at radius 1 is 0.943 bits per heavy atom. The molecule has 0 aromatic heterocycles. The molecule has 2 fully saturated rings. The van der Waals surface area contributed by atoms with E-state index in [9.17, 15) is 10.1 Å². The van der Waals surface area contributed by atoms with Crippen LogP contribution >= 0.6 is 0 Å². The van der Waals surface area contributed by atoms with E-state index in [1.807, 2.05) is 23.1 Å². The van der Waals surface area contributed by atoms with Crippen LogP contribution in [-0.4, -0.2) is 66.7 Å². The van der Waals surface area contributed by atoms with Crippen molar-refractivity contribution in [3.05, 3.63) is 71.4 Å². The first-order valence-corrected chi connectivity index (χ1v) is 12.5. The van der Waals surface area contributed by atoms with Crippen molar-refractivity contribution in [2.75, 3.05) is 46.1 Å². The van der Waals surface area contributed by atoms with Crippen molar-refractivity contribution < 1.29 is 14.3 Å². The maximum atomic E-state index is 13.0. The largest absolute Gasteiger partial charge is 0.454 e. The van der Waals surface area contributed by atoms with E-state index < -0.39 is 0 Å². The molecule has 5 rings (SSSR count). The second kappa shape index (κ2) is 10.8. The summed E-state index contributed by atoms with van der Waals surface area (Å²) in [4.78, 5) is 19.4. The van der Waals surface area contributed by atoms with Crippen molar-refractivity contribution in [3.8, 4) is 17.6 Å². The van der Waals surface area contributed by atoms with Gasteiger partial charge in [-0.1, -0.05) is 36.4 Å². The number of likely N-dealkylation sites (tertiary alicyclic amines) is 1. The molecular weight excluding hydrogens is 440 g/mol. The highest BCUT2D eigenvalue weighted by atomic mass is 16.7. The van der Waals surface area contributed by atoms with Crippen LogP contribution in [0.15, 0.2) is 60.3 Å². The molecule has 0 radical (unpaired) electrons. The smallest absolute Gasteiger partial charge is 0.266 e. The van der Waals surface area contributed by atoms with Gasteiger partial charge in [0.05, 0.1) is 0 Å². The summed E-state index contributed by atoms with van der Waals surface area (Å²) < 4.78 is 10.9. The second-order valence-corrected chi connectivity index (χ2v) is 9.58. The number of piperazine rings is 1. The highest BCUT2D eigenvalue weighted by Gasteiger charge is 2.26. The van der Waals surface area contributed by atoms with Crippen molar-refractivity contribution in [1.29, 1.82) is 5.26 Å². The lowest BCUT2D eigenvalue weighted by molar-refractivity contribution is -0.128. The zero-order chi connectivity index (χ0) is 24.0. The van der Waals surface area contributed by atoms with Crippen molar-refractivity contribution in [3.63, 3.8) is 0 Å². The average molecular weight is 473 g/mol. The van der Waals surface area contributed by atoms with Crippen molar-refractivity contribution in [2.45, 2.75) is 25.8 Å². The maximum absolute atomic E-state index is 13.0. The number of nitrogens with zero attached hydrogens (tertiary/aromatic N) is 4. The zero-order valence-corrected chi connectivity index (χ0v) is 20.1. The summed E-state index contributed by atoms with van der Waals surface area (Å²) in [5.41, 5.74) is 2.80. The van der Waals surface area contributed by atoms with Crippen LogP contribution in [0.1, 0.15) is 24.0 Å². The number of rotatable bonds is 6. The van der Waals surface area contributed by atoms with Crippen LogP contribution in [0.4, 0.5) is 0 Å². The monoisotopic (exact) mass is 472 g/mol. The van der Waals surface area contributed by atoms with E-state index in [1.165, 1.54) is 11.1 Å². The van der Waals surface area contributed by atoms with Crippen LogP contribution in [0, 0.1) is 17.2 Å². The SMILES string of the molecule is N#C/C(=C/N1CCN(Cc2ccc3c(c2)OCO3)CC1)C(=O)N1CCC(Cc2ccccc2)CC1. The fraction of sp³-hybridized carbons (Fsp3) is 0.429. The van der Waals surface area contributed by atoms with Crippen molar-refractivity contribution >= 4 is 5.91 Å². The Kier molecular flexibility index (Phi) is 7.20. The molecular formula is C28H32N4O3. The van der Waals surface area contributed by atoms with Gasteiger partial charge in [-0.3, -0.25) is 9.69 Å². The highest BCUT2D eigenvalue weighted by molar-refractivity contribution is 5.97. The van der Waals surface area contributed by atoms with Gasteiger partial charge < -0.3 is 19.3 Å². The number of fused-ring (bicyclic) bond motifs is 1. The highest BCUT2D eigenvalue weighted by Crippen LogP contribution is 2.33. The summed E-state index contributed by atoms with van der Waals surface area (Å²) in [5, 5.41) is 9.70. The molecule has 0 bridgehead atoms. The molecule has 0 unspecified atom stereocenters. The van der Waals surface area contributed by atoms with E-state index >= 15 is 0 Å². The Labute approximate surface area is 207 Å². The van der Waals surface area contributed by atoms with Gasteiger partial charge in [0.2, 0.25) is 6.79 Å². The van der Waals surface area contributed by atoms with Crippen molar-refractivity contribution in [2.24, 2.45) is 5.92 Å². The molecule has 0 aliphatic carbocycles. The van der Waals surface area contributed by atoms with E-state index in [4.69, 9.17) is 9.47 Å². The van der Waals surface area contributed by atoms with Gasteiger partial charge in [-0.05, 0) is 48.4 Å². The number of nitriles is 1. The van der Waals surface area contributed by atoms with Gasteiger partial charge in [0.25, 0.3) is 5.91 Å². The summed E-state index contributed by atoms with van der Waals surface area (Å²) in [6, 6.07) is 18.8. The minimum atomic E-state index is -0.131. The van der Waals surface area contributed by atoms with Crippen LogP contribution < -0.4 is 9.47 Å². The third-order valence-electron chi connectivity index (χ3n) is 7.18. The molecule has 7 nitrogen and oxygen atoms in total. The van der Waals surface area contributed by atoms with Crippen LogP contribution in [0.3, 0.4) is 0 Å². The predicted molar refractivity (Wildman–Crippen MR) is 133 cm³/mol. The molecule has 35 heavy (non-hydrogen) atoms. The number of carbonyl (C=O) groups excluding carboxylic acids is 1. The van der Waals surface area contributed by atoms with E-state index in [0.29, 0.717) is 5.92 Å². The molecule has 3 aliphatic heterocycles. The van der Waals surface area contributed by atoms with Crippen LogP contribution in [0.2, 0.25) is 0 Å². The lowest BCUT2D eigenvalue weighted by atomic mass is 9.90. The van der Waals surface area contributed by atoms with E-state index in [-0.39, 0.29) is 18.3 Å². The molecule has 3 heterocycles. The molecule has 2 aromatic carbocycles. The first kappa shape index (κ1) is 23.3. The molecule has 0 spiro atoms. The number of benzene rings is 2. The second-order valence-electron chi connectivity index (χ2n) is 9.58. The molecule has 0 atom stereocenters. The molecule has 2 aromatic rings. The first-order valence-electron chi connectivity index (χ1n) is 12.5. The molecule has 3 aliphatic rings. The number of hydrogen-bond donors (Lipinski definition) is 0. The van der Waals surface area contributed by atoms with Gasteiger partial charge in [-0.25, -0.2) is 0 Å². The van der Waals surface area contributed by atoms with Crippen molar-refractivity contribution in [1.82, 2.24) is 14.7 Å². The van der Waals surface area contributed by atoms with E-state index in [2.05, 4.69) is 46.2 Å². The van der Waals surface area contributed by atoms with E-state index in [0.717, 1.165) is 76.6 Å². The van der Waals surface area contributed by atoms with Gasteiger partial charge in [-0.15, -0.1) is 0 Å². The number of amides is 1.